The van der Waals surface area contributed by atoms with Crippen LogP contribution < -0.4 is 27.8 Å². The molecule has 4 unspecified atom stereocenters. The number of likely N-dealkylation sites (tertiary alicyclic amines) is 1. The van der Waals surface area contributed by atoms with Crippen LogP contribution in [0.4, 0.5) is 0 Å². The van der Waals surface area contributed by atoms with Crippen LogP contribution in [0, 0.1) is 0 Å². The molecule has 1 fully saturated rings. The summed E-state index contributed by atoms with van der Waals surface area (Å²) < 4.78 is 0. The largest absolute Gasteiger partial charge is 0.481 e. The summed E-state index contributed by atoms with van der Waals surface area (Å²) in [5, 5.41) is 23.6. The van der Waals surface area contributed by atoms with Crippen LogP contribution in [-0.4, -0.2) is 98.0 Å². The third-order valence-electron chi connectivity index (χ3n) is 6.00. The van der Waals surface area contributed by atoms with Gasteiger partial charge in [-0.3, -0.25) is 24.2 Å². The van der Waals surface area contributed by atoms with Crippen molar-refractivity contribution in [3.05, 3.63) is 18.2 Å². The van der Waals surface area contributed by atoms with E-state index in [1.54, 1.807) is 0 Å². The van der Waals surface area contributed by atoms with Crippen LogP contribution in [-0.2, 0) is 30.4 Å². The second kappa shape index (κ2) is 14.5. The quantitative estimate of drug-likeness (QED) is 0.0644. The molecule has 4 atom stereocenters. The van der Waals surface area contributed by atoms with Gasteiger partial charge in [-0.15, -0.1) is 0 Å². The Hall–Kier alpha value is -4.21. The molecule has 0 spiro atoms. The monoisotopic (exact) mass is 537 g/mol. The van der Waals surface area contributed by atoms with Gasteiger partial charge in [-0.2, -0.15) is 0 Å². The van der Waals surface area contributed by atoms with E-state index in [0.29, 0.717) is 18.5 Å². The fraction of sp³-hybridized carbons (Fsp3) is 0.591. The molecule has 11 N–H and O–H groups in total. The van der Waals surface area contributed by atoms with Gasteiger partial charge in [0.25, 0.3) is 0 Å². The average Bonchev–Trinajstić information content (AvgIpc) is 3.55. The maximum absolute atomic E-state index is 13.3. The molecule has 1 aromatic heterocycles. The van der Waals surface area contributed by atoms with Gasteiger partial charge in [-0.25, -0.2) is 9.78 Å². The number of aromatic amines is 1. The zero-order valence-electron chi connectivity index (χ0n) is 20.8. The molecule has 0 aliphatic carbocycles. The van der Waals surface area contributed by atoms with Crippen molar-refractivity contribution in [1.29, 1.82) is 0 Å². The normalized spacial score (nSPS) is 17.2. The number of aromatic nitrogens is 2. The van der Waals surface area contributed by atoms with Gasteiger partial charge in [0, 0.05) is 37.8 Å². The number of rotatable bonds is 15. The highest BCUT2D eigenvalue weighted by atomic mass is 16.4. The lowest BCUT2D eigenvalue weighted by Crippen LogP contribution is -2.57. The van der Waals surface area contributed by atoms with Crippen molar-refractivity contribution in [2.75, 3.05) is 13.1 Å². The number of hydrogen-bond acceptors (Lipinski definition) is 8. The van der Waals surface area contributed by atoms with Crippen LogP contribution in [0.3, 0.4) is 0 Å². The first-order chi connectivity index (χ1) is 18.0. The number of H-pyrrole nitrogens is 1. The Kier molecular flexibility index (Phi) is 11.5. The Balaban J connectivity index is 2.15. The first-order valence-corrected chi connectivity index (χ1v) is 12.1. The van der Waals surface area contributed by atoms with E-state index < -0.39 is 60.2 Å². The number of nitrogens with two attached hydrogens (primary N) is 3. The minimum absolute atomic E-state index is 0.0304. The summed E-state index contributed by atoms with van der Waals surface area (Å²) in [5.74, 6) is -4.56. The van der Waals surface area contributed by atoms with E-state index in [1.807, 2.05) is 0 Å². The maximum Gasteiger partial charge on any atom is 0.326 e. The molecule has 16 heteroatoms. The molecule has 3 amide bonds. The minimum Gasteiger partial charge on any atom is -0.481 e. The van der Waals surface area contributed by atoms with Gasteiger partial charge in [0.05, 0.1) is 12.4 Å². The molecule has 38 heavy (non-hydrogen) atoms. The van der Waals surface area contributed by atoms with E-state index in [9.17, 15) is 29.1 Å². The zero-order chi connectivity index (χ0) is 28.2. The van der Waals surface area contributed by atoms with Crippen LogP contribution in [0.5, 0.6) is 0 Å². The highest BCUT2D eigenvalue weighted by Crippen LogP contribution is 2.19. The van der Waals surface area contributed by atoms with Crippen LogP contribution in [0.15, 0.2) is 17.5 Å². The summed E-state index contributed by atoms with van der Waals surface area (Å²) in [6, 6.07) is -4.55. The summed E-state index contributed by atoms with van der Waals surface area (Å²) in [6.45, 7) is 0.455. The van der Waals surface area contributed by atoms with Gasteiger partial charge < -0.3 is 47.9 Å². The van der Waals surface area contributed by atoms with Gasteiger partial charge in [-0.05, 0) is 32.1 Å². The Labute approximate surface area is 218 Å². The van der Waals surface area contributed by atoms with Gasteiger partial charge in [0.1, 0.15) is 18.1 Å². The fourth-order valence-corrected chi connectivity index (χ4v) is 4.04. The van der Waals surface area contributed by atoms with Crippen molar-refractivity contribution >= 4 is 35.6 Å². The standard InChI is InChI=1S/C22H35N9O7/c23-13(3-1-7-27-22(24)25)18(34)29-14(5-6-17(32)33)19(35)30-15(9-12-10-26-11-28-12)20(36)31-8-2-4-16(31)21(37)38/h10-11,13-16H,1-9,23H2,(H,26,28)(H,29,34)(H,30,35)(H,32,33)(H,37,38)(H4,24,25,27). The van der Waals surface area contributed by atoms with Crippen molar-refractivity contribution in [1.82, 2.24) is 25.5 Å². The second-order valence-corrected chi connectivity index (χ2v) is 8.92. The Bertz CT molecular complexity index is 1010. The summed E-state index contributed by atoms with van der Waals surface area (Å²) in [4.78, 5) is 73.6. The zero-order valence-corrected chi connectivity index (χ0v) is 20.8. The SMILES string of the molecule is NC(N)=NCCCC(N)C(=O)NC(CCC(=O)O)C(=O)NC(Cc1cnc[nH]1)C(=O)N1CCCC1C(=O)O. The highest BCUT2D eigenvalue weighted by Gasteiger charge is 2.38. The number of hydrogen-bond donors (Lipinski definition) is 8. The Morgan fingerprint density at radius 1 is 1.13 bits per heavy atom. The topological polar surface area (TPSA) is 272 Å². The lowest BCUT2D eigenvalue weighted by molar-refractivity contribution is -0.149. The summed E-state index contributed by atoms with van der Waals surface area (Å²) in [6.07, 6.45) is 3.47. The van der Waals surface area contributed by atoms with Gasteiger partial charge >= 0.3 is 11.9 Å². The summed E-state index contributed by atoms with van der Waals surface area (Å²) in [7, 11) is 0. The molecule has 0 aromatic carbocycles. The minimum atomic E-state index is -1.31. The first kappa shape index (κ1) is 30.0. The lowest BCUT2D eigenvalue weighted by Gasteiger charge is -2.28. The number of guanidine groups is 1. The van der Waals surface area contributed by atoms with E-state index in [-0.39, 0.29) is 44.7 Å². The predicted molar refractivity (Wildman–Crippen MR) is 133 cm³/mol. The number of nitrogens with one attached hydrogen (secondary N) is 3. The molecular formula is C22H35N9O7. The number of imidazole rings is 1. The molecular weight excluding hydrogens is 502 g/mol. The average molecular weight is 538 g/mol. The van der Waals surface area contributed by atoms with Gasteiger partial charge in [0.2, 0.25) is 17.7 Å². The van der Waals surface area contributed by atoms with Crippen LogP contribution in [0.25, 0.3) is 0 Å². The molecule has 0 radical (unpaired) electrons. The molecule has 210 valence electrons. The van der Waals surface area contributed by atoms with Gasteiger partial charge in [-0.1, -0.05) is 0 Å². The highest BCUT2D eigenvalue weighted by molar-refractivity contribution is 5.94. The molecule has 16 nitrogen and oxygen atoms in total. The summed E-state index contributed by atoms with van der Waals surface area (Å²) >= 11 is 0. The Morgan fingerprint density at radius 3 is 2.45 bits per heavy atom. The fourth-order valence-electron chi connectivity index (χ4n) is 4.04. The van der Waals surface area contributed by atoms with Crippen molar-refractivity contribution in [3.63, 3.8) is 0 Å². The van der Waals surface area contributed by atoms with E-state index in [0.717, 1.165) is 0 Å². The van der Waals surface area contributed by atoms with Crippen LogP contribution in [0.2, 0.25) is 0 Å². The number of aliphatic imine (C=N–C) groups is 1. The molecule has 2 rings (SSSR count). The number of carbonyl (C=O) groups excluding carboxylic acids is 3. The van der Waals surface area contributed by atoms with Crippen LogP contribution in [0.1, 0.15) is 44.2 Å². The molecule has 1 aliphatic rings. The third-order valence-corrected chi connectivity index (χ3v) is 6.00. The lowest BCUT2D eigenvalue weighted by atomic mass is 10.1. The number of nitrogens with zero attached hydrogens (tertiary/aromatic N) is 3. The predicted octanol–water partition coefficient (Wildman–Crippen LogP) is -2.76. The van der Waals surface area contributed by atoms with Crippen molar-refractivity contribution in [2.45, 2.75) is 69.1 Å². The molecule has 1 aliphatic heterocycles. The van der Waals surface area contributed by atoms with Crippen molar-refractivity contribution in [3.8, 4) is 0 Å². The molecule has 1 saturated heterocycles. The second-order valence-electron chi connectivity index (χ2n) is 8.92. The number of carbonyl (C=O) groups is 5. The third kappa shape index (κ3) is 9.34. The summed E-state index contributed by atoms with van der Waals surface area (Å²) in [5.41, 5.74) is 16.9. The molecule has 2 heterocycles. The van der Waals surface area contributed by atoms with Gasteiger partial charge in [0.15, 0.2) is 5.96 Å². The van der Waals surface area contributed by atoms with E-state index in [4.69, 9.17) is 22.3 Å². The van der Waals surface area contributed by atoms with E-state index in [2.05, 4.69) is 25.6 Å². The molecule has 0 saturated carbocycles. The maximum atomic E-state index is 13.3. The molecule has 0 bridgehead atoms. The van der Waals surface area contributed by atoms with E-state index >= 15 is 0 Å². The first-order valence-electron chi connectivity index (χ1n) is 12.1. The smallest absolute Gasteiger partial charge is 0.326 e. The van der Waals surface area contributed by atoms with Crippen molar-refractivity contribution in [2.24, 2.45) is 22.2 Å². The van der Waals surface area contributed by atoms with Crippen LogP contribution >= 0.6 is 0 Å². The van der Waals surface area contributed by atoms with E-state index in [1.165, 1.54) is 17.4 Å². The number of carboxylic acid groups (broad SMARTS) is 2. The number of aliphatic carboxylic acids is 2. The number of carboxylic acids is 2. The number of amides is 3. The van der Waals surface area contributed by atoms with Crippen molar-refractivity contribution < 1.29 is 34.2 Å². The molecule has 1 aromatic rings. The Morgan fingerprint density at radius 2 is 1.84 bits per heavy atom.